The molecule has 0 amide bonds. The summed E-state index contributed by atoms with van der Waals surface area (Å²) >= 11 is 3.39. The van der Waals surface area contributed by atoms with Crippen LogP contribution in [0.4, 0.5) is 5.82 Å². The molecule has 0 unspecified atom stereocenters. The van der Waals surface area contributed by atoms with Crippen molar-refractivity contribution in [1.82, 2.24) is 4.98 Å². The van der Waals surface area contributed by atoms with Crippen molar-refractivity contribution < 1.29 is 0 Å². The molecule has 2 rings (SSSR count). The number of halogens is 1. The average Bonchev–Trinajstić information content (AvgIpc) is 2.15. The number of aryl methyl sites for hydroxylation is 1. The molecule has 0 aliphatic carbocycles. The molecule has 1 aromatic heterocycles. The van der Waals surface area contributed by atoms with Crippen molar-refractivity contribution in [3.05, 3.63) is 34.4 Å². The Morgan fingerprint density at radius 2 is 1.85 bits per heavy atom. The van der Waals surface area contributed by atoms with Crippen LogP contribution in [0.25, 0.3) is 10.8 Å². The maximum Gasteiger partial charge on any atom is 0.128 e. The van der Waals surface area contributed by atoms with Crippen LogP contribution in [0.15, 0.2) is 28.9 Å². The van der Waals surface area contributed by atoms with Crippen molar-refractivity contribution in [2.75, 3.05) is 5.73 Å². The van der Waals surface area contributed by atoms with Crippen LogP contribution in [0.3, 0.4) is 0 Å². The monoisotopic (exact) mass is 236 g/mol. The van der Waals surface area contributed by atoms with E-state index in [0.29, 0.717) is 5.82 Å². The minimum atomic E-state index is 0.588. The van der Waals surface area contributed by atoms with Crippen molar-refractivity contribution in [3.63, 3.8) is 0 Å². The van der Waals surface area contributed by atoms with Gasteiger partial charge >= 0.3 is 0 Å². The van der Waals surface area contributed by atoms with Crippen LogP contribution in [0.2, 0.25) is 0 Å². The molecule has 0 saturated carbocycles. The van der Waals surface area contributed by atoms with E-state index in [1.54, 1.807) is 0 Å². The molecular weight excluding hydrogens is 228 g/mol. The van der Waals surface area contributed by atoms with Crippen LogP contribution in [0.1, 0.15) is 5.56 Å². The Labute approximate surface area is 84.9 Å². The van der Waals surface area contributed by atoms with E-state index >= 15 is 0 Å². The van der Waals surface area contributed by atoms with Gasteiger partial charge in [-0.3, -0.25) is 0 Å². The lowest BCUT2D eigenvalue weighted by molar-refractivity contribution is 1.28. The summed E-state index contributed by atoms with van der Waals surface area (Å²) in [6.45, 7) is 1.98. The zero-order valence-electron chi connectivity index (χ0n) is 7.21. The number of pyridine rings is 1. The first-order chi connectivity index (χ1) is 6.20. The van der Waals surface area contributed by atoms with E-state index in [1.807, 2.05) is 31.2 Å². The SMILES string of the molecule is Cc1c(N)nc(Br)c2ccccc12. The largest absolute Gasteiger partial charge is 0.383 e. The quantitative estimate of drug-likeness (QED) is 0.715. The molecule has 1 aromatic carbocycles. The fraction of sp³-hybridized carbons (Fsp3) is 0.100. The number of nitrogens with zero attached hydrogens (tertiary/aromatic N) is 1. The first kappa shape index (κ1) is 8.51. The second-order valence-electron chi connectivity index (χ2n) is 2.96. The van der Waals surface area contributed by atoms with Gasteiger partial charge in [0.15, 0.2) is 0 Å². The van der Waals surface area contributed by atoms with Gasteiger partial charge in [-0.2, -0.15) is 0 Å². The molecule has 2 N–H and O–H groups in total. The molecule has 2 nitrogen and oxygen atoms in total. The van der Waals surface area contributed by atoms with E-state index in [1.165, 1.54) is 0 Å². The van der Waals surface area contributed by atoms with Gasteiger partial charge < -0.3 is 5.73 Å². The Bertz CT molecular complexity index is 466. The topological polar surface area (TPSA) is 38.9 Å². The first-order valence-electron chi connectivity index (χ1n) is 4.00. The maximum absolute atomic E-state index is 5.75. The van der Waals surface area contributed by atoms with E-state index in [2.05, 4.69) is 20.9 Å². The molecule has 3 heteroatoms. The maximum atomic E-state index is 5.75. The molecule has 0 radical (unpaired) electrons. The zero-order chi connectivity index (χ0) is 9.42. The minimum absolute atomic E-state index is 0.588. The third kappa shape index (κ3) is 1.29. The summed E-state index contributed by atoms with van der Waals surface area (Å²) in [6.07, 6.45) is 0. The van der Waals surface area contributed by atoms with Gasteiger partial charge in [-0.1, -0.05) is 24.3 Å². The third-order valence-electron chi connectivity index (χ3n) is 2.16. The van der Waals surface area contributed by atoms with E-state index in [4.69, 9.17) is 5.73 Å². The Kier molecular flexibility index (Phi) is 1.96. The zero-order valence-corrected chi connectivity index (χ0v) is 8.80. The highest BCUT2D eigenvalue weighted by Crippen LogP contribution is 2.27. The van der Waals surface area contributed by atoms with Crippen molar-refractivity contribution in [3.8, 4) is 0 Å². The molecule has 2 aromatic rings. The van der Waals surface area contributed by atoms with Gasteiger partial charge in [0.25, 0.3) is 0 Å². The number of fused-ring (bicyclic) bond motifs is 1. The number of aromatic nitrogens is 1. The standard InChI is InChI=1S/C10H9BrN2/c1-6-7-4-2-3-5-8(7)9(11)13-10(6)12/h2-5H,1H3,(H2,12,13). The predicted molar refractivity (Wildman–Crippen MR) is 58.6 cm³/mol. The normalized spacial score (nSPS) is 10.6. The van der Waals surface area contributed by atoms with E-state index < -0.39 is 0 Å². The summed E-state index contributed by atoms with van der Waals surface area (Å²) in [7, 11) is 0. The van der Waals surface area contributed by atoms with Gasteiger partial charge in [0.05, 0.1) is 0 Å². The van der Waals surface area contributed by atoms with Crippen LogP contribution >= 0.6 is 15.9 Å². The highest BCUT2D eigenvalue weighted by atomic mass is 79.9. The van der Waals surface area contributed by atoms with Crippen molar-refractivity contribution in [2.45, 2.75) is 6.92 Å². The Balaban J connectivity index is 2.97. The van der Waals surface area contributed by atoms with Crippen molar-refractivity contribution in [1.29, 1.82) is 0 Å². The molecule has 0 aliphatic rings. The molecule has 0 bridgehead atoms. The second kappa shape index (κ2) is 3.00. The molecule has 0 spiro atoms. The van der Waals surface area contributed by atoms with Gasteiger partial charge in [-0.15, -0.1) is 0 Å². The lowest BCUT2D eigenvalue weighted by atomic mass is 10.1. The number of rotatable bonds is 0. The lowest BCUT2D eigenvalue weighted by Crippen LogP contribution is -1.95. The number of hydrogen-bond acceptors (Lipinski definition) is 2. The highest BCUT2D eigenvalue weighted by molar-refractivity contribution is 9.10. The minimum Gasteiger partial charge on any atom is -0.383 e. The molecule has 0 fully saturated rings. The summed E-state index contributed by atoms with van der Waals surface area (Å²) in [5.74, 6) is 0.588. The molecule has 0 aliphatic heterocycles. The molecule has 66 valence electrons. The average molecular weight is 237 g/mol. The Hall–Kier alpha value is -1.09. The smallest absolute Gasteiger partial charge is 0.128 e. The molecule has 0 saturated heterocycles. The predicted octanol–water partition coefficient (Wildman–Crippen LogP) is 2.89. The lowest BCUT2D eigenvalue weighted by Gasteiger charge is -2.05. The number of nitrogen functional groups attached to an aromatic ring is 1. The Morgan fingerprint density at radius 1 is 1.23 bits per heavy atom. The number of anilines is 1. The van der Waals surface area contributed by atoms with Gasteiger partial charge in [0, 0.05) is 5.39 Å². The number of nitrogens with two attached hydrogens (primary N) is 1. The first-order valence-corrected chi connectivity index (χ1v) is 4.80. The third-order valence-corrected chi connectivity index (χ3v) is 2.76. The summed E-state index contributed by atoms with van der Waals surface area (Å²) in [5, 5.41) is 2.26. The van der Waals surface area contributed by atoms with E-state index in [9.17, 15) is 0 Å². The van der Waals surface area contributed by atoms with Crippen LogP contribution in [-0.4, -0.2) is 4.98 Å². The number of benzene rings is 1. The fourth-order valence-electron chi connectivity index (χ4n) is 1.38. The van der Waals surface area contributed by atoms with Gasteiger partial charge in [0.1, 0.15) is 10.4 Å². The van der Waals surface area contributed by atoms with Gasteiger partial charge in [-0.25, -0.2) is 4.98 Å². The summed E-state index contributed by atoms with van der Waals surface area (Å²) < 4.78 is 0.811. The molecule has 0 atom stereocenters. The fourth-order valence-corrected chi connectivity index (χ4v) is 1.91. The van der Waals surface area contributed by atoms with Crippen molar-refractivity contribution >= 4 is 32.5 Å². The van der Waals surface area contributed by atoms with Crippen LogP contribution in [-0.2, 0) is 0 Å². The van der Waals surface area contributed by atoms with E-state index in [0.717, 1.165) is 20.9 Å². The molecular formula is C10H9BrN2. The summed E-state index contributed by atoms with van der Waals surface area (Å²) in [5.41, 5.74) is 6.79. The number of hydrogen-bond donors (Lipinski definition) is 1. The Morgan fingerprint density at radius 3 is 2.54 bits per heavy atom. The summed E-state index contributed by atoms with van der Waals surface area (Å²) in [6, 6.07) is 8.07. The molecule has 13 heavy (non-hydrogen) atoms. The van der Waals surface area contributed by atoms with Gasteiger partial charge in [-0.05, 0) is 33.8 Å². The second-order valence-corrected chi connectivity index (χ2v) is 3.71. The summed E-state index contributed by atoms with van der Waals surface area (Å²) in [4.78, 5) is 4.20. The van der Waals surface area contributed by atoms with Crippen LogP contribution < -0.4 is 5.73 Å². The molecule has 1 heterocycles. The van der Waals surface area contributed by atoms with Crippen LogP contribution in [0.5, 0.6) is 0 Å². The van der Waals surface area contributed by atoms with Crippen LogP contribution in [0, 0.1) is 6.92 Å². The van der Waals surface area contributed by atoms with E-state index in [-0.39, 0.29) is 0 Å². The van der Waals surface area contributed by atoms with Gasteiger partial charge in [0.2, 0.25) is 0 Å². The van der Waals surface area contributed by atoms with Crippen molar-refractivity contribution in [2.24, 2.45) is 0 Å². The highest BCUT2D eigenvalue weighted by Gasteiger charge is 2.05.